The van der Waals surface area contributed by atoms with Crippen LogP contribution in [0.5, 0.6) is 5.75 Å². The maximum Gasteiger partial charge on any atom is 0.300 e. The Morgan fingerprint density at radius 2 is 1.75 bits per heavy atom. The van der Waals surface area contributed by atoms with E-state index in [4.69, 9.17) is 9.15 Å². The van der Waals surface area contributed by atoms with Gasteiger partial charge in [0, 0.05) is 5.69 Å². The largest absolute Gasteiger partial charge is 0.507 e. The van der Waals surface area contributed by atoms with Crippen LogP contribution in [0.4, 0.5) is 5.69 Å². The van der Waals surface area contributed by atoms with Gasteiger partial charge in [0.25, 0.3) is 11.7 Å². The van der Waals surface area contributed by atoms with Gasteiger partial charge in [-0.3, -0.25) is 14.5 Å². The Hall–Kier alpha value is -3.80. The summed E-state index contributed by atoms with van der Waals surface area (Å²) in [5.74, 6) is -0.948. The second kappa shape index (κ2) is 8.04. The number of rotatable bonds is 4. The average molecular weight is 431 g/mol. The number of furan rings is 1. The number of aliphatic hydroxyl groups is 1. The van der Waals surface area contributed by atoms with Gasteiger partial charge in [-0.15, -0.1) is 0 Å². The predicted molar refractivity (Wildman–Crippen MR) is 122 cm³/mol. The quantitative estimate of drug-likeness (QED) is 0.351. The maximum absolute atomic E-state index is 13.3. The number of nitrogens with zero attached hydrogens (tertiary/aromatic N) is 1. The maximum atomic E-state index is 13.3. The highest BCUT2D eigenvalue weighted by atomic mass is 16.5. The molecule has 1 N–H and O–H groups in total. The Kier molecular flexibility index (Phi) is 5.38. The monoisotopic (exact) mass is 431 g/mol. The van der Waals surface area contributed by atoms with Crippen LogP contribution in [0.2, 0.25) is 0 Å². The van der Waals surface area contributed by atoms with Crippen molar-refractivity contribution >= 4 is 23.1 Å². The number of methoxy groups -OCH3 is 1. The molecule has 1 atom stereocenters. The summed E-state index contributed by atoms with van der Waals surface area (Å²) in [5.41, 5.74) is 4.41. The first-order chi connectivity index (χ1) is 15.2. The van der Waals surface area contributed by atoms with Crippen molar-refractivity contribution in [2.45, 2.75) is 33.7 Å². The standard InChI is InChI=1S/C26H25NO5/c1-14-8-9-16(3)19(13-14)27-22(20-7-6-10-32-20)21(24(29)26(27)30)23(28)18-12-15(2)11-17(4)25(18)31-5/h6-13,22,28H,1-5H3/b23-21-. The topological polar surface area (TPSA) is 80.0 Å². The molecule has 2 heterocycles. The summed E-state index contributed by atoms with van der Waals surface area (Å²) in [5, 5.41) is 11.4. The number of hydrogen-bond donors (Lipinski definition) is 1. The molecular weight excluding hydrogens is 406 g/mol. The van der Waals surface area contributed by atoms with Crippen molar-refractivity contribution in [1.82, 2.24) is 0 Å². The average Bonchev–Trinajstić information content (AvgIpc) is 3.36. The van der Waals surface area contributed by atoms with E-state index in [-0.39, 0.29) is 11.3 Å². The lowest BCUT2D eigenvalue weighted by atomic mass is 9.96. The van der Waals surface area contributed by atoms with Crippen LogP contribution in [-0.2, 0) is 9.59 Å². The molecule has 4 rings (SSSR count). The van der Waals surface area contributed by atoms with E-state index in [0.29, 0.717) is 22.8 Å². The van der Waals surface area contributed by atoms with Crippen molar-refractivity contribution in [3.8, 4) is 5.75 Å². The zero-order valence-electron chi connectivity index (χ0n) is 18.7. The second-order valence-electron chi connectivity index (χ2n) is 8.14. The number of hydrogen-bond acceptors (Lipinski definition) is 5. The van der Waals surface area contributed by atoms with Gasteiger partial charge in [0.15, 0.2) is 0 Å². The van der Waals surface area contributed by atoms with E-state index >= 15 is 0 Å². The molecule has 0 saturated carbocycles. The Bertz CT molecular complexity index is 1250. The lowest BCUT2D eigenvalue weighted by Gasteiger charge is -2.25. The Balaban J connectivity index is 2.01. The van der Waals surface area contributed by atoms with Crippen LogP contribution >= 0.6 is 0 Å². The minimum atomic E-state index is -0.906. The van der Waals surface area contributed by atoms with Crippen molar-refractivity contribution in [3.05, 3.63) is 87.9 Å². The minimum Gasteiger partial charge on any atom is -0.507 e. The number of benzene rings is 2. The van der Waals surface area contributed by atoms with E-state index in [1.165, 1.54) is 18.3 Å². The fraction of sp³-hybridized carbons (Fsp3) is 0.231. The van der Waals surface area contributed by atoms with Crippen LogP contribution in [0.1, 0.15) is 39.6 Å². The van der Waals surface area contributed by atoms with E-state index in [0.717, 1.165) is 22.3 Å². The number of Topliss-reactive ketones (excluding diaryl/α,β-unsaturated/α-hetero) is 1. The van der Waals surface area contributed by atoms with Gasteiger partial charge >= 0.3 is 0 Å². The molecule has 0 spiro atoms. The van der Waals surface area contributed by atoms with Crippen LogP contribution in [0, 0.1) is 27.7 Å². The number of amides is 1. The smallest absolute Gasteiger partial charge is 0.300 e. The van der Waals surface area contributed by atoms with E-state index in [1.54, 1.807) is 18.2 Å². The number of ether oxygens (including phenoxy) is 1. The van der Waals surface area contributed by atoms with E-state index < -0.39 is 17.7 Å². The zero-order chi connectivity index (χ0) is 23.2. The van der Waals surface area contributed by atoms with Gasteiger partial charge < -0.3 is 14.3 Å². The zero-order valence-corrected chi connectivity index (χ0v) is 18.7. The van der Waals surface area contributed by atoms with Crippen molar-refractivity contribution in [1.29, 1.82) is 0 Å². The molecule has 0 bridgehead atoms. The van der Waals surface area contributed by atoms with Crippen molar-refractivity contribution in [2.75, 3.05) is 12.0 Å². The van der Waals surface area contributed by atoms with Gasteiger partial charge in [-0.25, -0.2) is 0 Å². The number of carbonyl (C=O) groups excluding carboxylic acids is 2. The molecule has 1 fully saturated rings. The Labute approximate surface area is 186 Å². The molecule has 0 radical (unpaired) electrons. The summed E-state index contributed by atoms with van der Waals surface area (Å²) >= 11 is 0. The minimum absolute atomic E-state index is 0.0332. The first-order valence-corrected chi connectivity index (χ1v) is 10.3. The first kappa shape index (κ1) is 21.4. The molecule has 6 heteroatoms. The molecule has 0 aliphatic carbocycles. The van der Waals surface area contributed by atoms with Crippen LogP contribution in [0.25, 0.3) is 5.76 Å². The number of aryl methyl sites for hydroxylation is 4. The Morgan fingerprint density at radius 3 is 2.41 bits per heavy atom. The van der Waals surface area contributed by atoms with Gasteiger partial charge in [0.05, 0.1) is 24.5 Å². The molecule has 6 nitrogen and oxygen atoms in total. The summed E-state index contributed by atoms with van der Waals surface area (Å²) in [4.78, 5) is 28.0. The molecule has 1 amide bonds. The van der Waals surface area contributed by atoms with Gasteiger partial charge in [0.2, 0.25) is 0 Å². The summed E-state index contributed by atoms with van der Waals surface area (Å²) in [7, 11) is 1.51. The third-order valence-electron chi connectivity index (χ3n) is 5.76. The lowest BCUT2D eigenvalue weighted by molar-refractivity contribution is -0.132. The highest BCUT2D eigenvalue weighted by Gasteiger charge is 2.49. The number of carbonyl (C=O) groups is 2. The molecule has 2 aromatic carbocycles. The predicted octanol–water partition coefficient (Wildman–Crippen LogP) is 5.15. The van der Waals surface area contributed by atoms with Crippen LogP contribution in [0.3, 0.4) is 0 Å². The number of anilines is 1. The third kappa shape index (κ3) is 3.38. The first-order valence-electron chi connectivity index (χ1n) is 10.3. The molecule has 1 aliphatic rings. The summed E-state index contributed by atoms with van der Waals surface area (Å²) in [6.45, 7) is 7.55. The summed E-state index contributed by atoms with van der Waals surface area (Å²) < 4.78 is 11.2. The van der Waals surface area contributed by atoms with E-state index in [9.17, 15) is 14.7 Å². The van der Waals surface area contributed by atoms with Gasteiger partial charge in [-0.2, -0.15) is 0 Å². The molecule has 1 aliphatic heterocycles. The highest BCUT2D eigenvalue weighted by molar-refractivity contribution is 6.51. The highest BCUT2D eigenvalue weighted by Crippen LogP contribution is 2.44. The summed E-state index contributed by atoms with van der Waals surface area (Å²) in [6.07, 6.45) is 1.48. The molecule has 1 saturated heterocycles. The third-order valence-corrected chi connectivity index (χ3v) is 5.76. The summed E-state index contributed by atoms with van der Waals surface area (Å²) in [6, 6.07) is 11.8. The second-order valence-corrected chi connectivity index (χ2v) is 8.14. The van der Waals surface area contributed by atoms with Gasteiger partial charge in [-0.1, -0.05) is 18.2 Å². The van der Waals surface area contributed by atoms with Crippen LogP contribution in [-0.4, -0.2) is 23.9 Å². The van der Waals surface area contributed by atoms with Crippen LogP contribution < -0.4 is 9.64 Å². The van der Waals surface area contributed by atoms with Crippen LogP contribution in [0.15, 0.2) is 58.7 Å². The van der Waals surface area contributed by atoms with Gasteiger partial charge in [0.1, 0.15) is 23.3 Å². The molecule has 164 valence electrons. The van der Waals surface area contributed by atoms with E-state index in [1.807, 2.05) is 52.0 Å². The van der Waals surface area contributed by atoms with Crippen molar-refractivity contribution in [3.63, 3.8) is 0 Å². The van der Waals surface area contributed by atoms with Gasteiger partial charge in [-0.05, 0) is 74.2 Å². The molecular formula is C26H25NO5. The fourth-order valence-electron chi connectivity index (χ4n) is 4.32. The Morgan fingerprint density at radius 1 is 1.00 bits per heavy atom. The molecule has 1 unspecified atom stereocenters. The fourth-order valence-corrected chi connectivity index (χ4v) is 4.32. The molecule has 1 aromatic heterocycles. The number of ketones is 1. The van der Waals surface area contributed by atoms with E-state index in [2.05, 4.69) is 0 Å². The SMILES string of the molecule is COc1c(C)cc(C)cc1/C(O)=C1/C(=O)C(=O)N(c2cc(C)ccc2C)C1c1ccco1. The van der Waals surface area contributed by atoms with Crippen molar-refractivity contribution < 1.29 is 23.8 Å². The number of aliphatic hydroxyl groups excluding tert-OH is 1. The molecule has 32 heavy (non-hydrogen) atoms. The normalized spacial score (nSPS) is 17.8. The van der Waals surface area contributed by atoms with Crippen molar-refractivity contribution in [2.24, 2.45) is 0 Å². The lowest BCUT2D eigenvalue weighted by Crippen LogP contribution is -2.30. The molecule has 3 aromatic rings.